The zero-order valence-corrected chi connectivity index (χ0v) is 13.1. The Kier molecular flexibility index (Phi) is 4.48. The Morgan fingerprint density at radius 1 is 1.45 bits per heavy atom. The van der Waals surface area contributed by atoms with Crippen molar-refractivity contribution < 1.29 is 22.3 Å². The first-order valence-corrected chi connectivity index (χ1v) is 8.29. The van der Waals surface area contributed by atoms with Crippen molar-refractivity contribution >= 4 is 26.0 Å². The van der Waals surface area contributed by atoms with Crippen LogP contribution in [0.5, 0.6) is 0 Å². The van der Waals surface area contributed by atoms with E-state index in [2.05, 4.69) is 15.9 Å². The summed E-state index contributed by atoms with van der Waals surface area (Å²) in [6.07, 6.45) is -0.117. The molecule has 0 spiro atoms. The molecule has 112 valence electrons. The highest BCUT2D eigenvalue weighted by molar-refractivity contribution is 9.10. The Bertz CT molecular complexity index is 598. The fourth-order valence-corrected chi connectivity index (χ4v) is 4.89. The fraction of sp³-hybridized carbons (Fsp3) is 0.500. The van der Waals surface area contributed by atoms with Crippen LogP contribution in [0.2, 0.25) is 0 Å². The minimum atomic E-state index is -4.05. The van der Waals surface area contributed by atoms with Gasteiger partial charge >= 0.3 is 0 Å². The number of hydrogen-bond donors (Lipinski definition) is 1. The van der Waals surface area contributed by atoms with Gasteiger partial charge in [-0.3, -0.25) is 0 Å². The van der Waals surface area contributed by atoms with Crippen LogP contribution in [0.25, 0.3) is 0 Å². The molecule has 1 aromatic rings. The average Bonchev–Trinajstić information content (AvgIpc) is 2.76. The molecule has 1 saturated heterocycles. The third-order valence-corrected chi connectivity index (χ3v) is 6.26. The molecule has 2 rings (SSSR count). The third kappa shape index (κ3) is 2.88. The van der Waals surface area contributed by atoms with E-state index in [0.29, 0.717) is 12.5 Å². The van der Waals surface area contributed by atoms with Gasteiger partial charge in [-0.25, -0.2) is 17.2 Å². The molecule has 4 nitrogen and oxygen atoms in total. The van der Waals surface area contributed by atoms with Crippen molar-refractivity contribution in [2.75, 3.05) is 13.1 Å². The van der Waals surface area contributed by atoms with Gasteiger partial charge in [0.1, 0.15) is 16.5 Å². The quantitative estimate of drug-likeness (QED) is 0.887. The molecule has 1 heterocycles. The van der Waals surface area contributed by atoms with E-state index in [4.69, 9.17) is 0 Å². The highest BCUT2D eigenvalue weighted by atomic mass is 79.9. The molecule has 0 aromatic heterocycles. The van der Waals surface area contributed by atoms with Crippen LogP contribution in [-0.2, 0) is 10.0 Å². The smallest absolute Gasteiger partial charge is 0.247 e. The number of rotatable bonds is 3. The van der Waals surface area contributed by atoms with Crippen LogP contribution in [0.4, 0.5) is 8.78 Å². The summed E-state index contributed by atoms with van der Waals surface area (Å²) in [6.45, 7) is 1.93. The van der Waals surface area contributed by atoms with Crippen LogP contribution in [-0.4, -0.2) is 37.0 Å². The van der Waals surface area contributed by atoms with Gasteiger partial charge in [0.05, 0.1) is 6.10 Å². The van der Waals surface area contributed by atoms with Crippen LogP contribution in [0.15, 0.2) is 21.5 Å². The molecule has 1 aliphatic heterocycles. The molecule has 8 heteroatoms. The average molecular weight is 370 g/mol. The molecular formula is C12H14BrF2NO3S. The summed E-state index contributed by atoms with van der Waals surface area (Å²) < 4.78 is 52.6. The first-order chi connectivity index (χ1) is 9.23. The van der Waals surface area contributed by atoms with Crippen molar-refractivity contribution in [3.05, 3.63) is 28.2 Å². The third-order valence-electron chi connectivity index (χ3n) is 3.43. The predicted octanol–water partition coefficient (Wildman–Crippen LogP) is 2.12. The summed E-state index contributed by atoms with van der Waals surface area (Å²) in [5.41, 5.74) is 0. The number of sulfonamides is 1. The maximum atomic E-state index is 13.8. The predicted molar refractivity (Wildman–Crippen MR) is 72.6 cm³/mol. The standard InChI is InChI=1S/C12H14BrF2NO3S/c1-7(17)8-2-3-16(6-8)20(18,19)12-10(13)4-9(14)5-11(12)15/h4-5,7-8,17H,2-3,6H2,1H3. The maximum Gasteiger partial charge on any atom is 0.247 e. The van der Waals surface area contributed by atoms with Gasteiger partial charge < -0.3 is 5.11 Å². The van der Waals surface area contributed by atoms with Crippen molar-refractivity contribution in [3.63, 3.8) is 0 Å². The van der Waals surface area contributed by atoms with Gasteiger partial charge in [-0.05, 0) is 41.3 Å². The monoisotopic (exact) mass is 369 g/mol. The Morgan fingerprint density at radius 3 is 2.60 bits per heavy atom. The van der Waals surface area contributed by atoms with Crippen LogP contribution < -0.4 is 0 Å². The minimum absolute atomic E-state index is 0.128. The summed E-state index contributed by atoms with van der Waals surface area (Å²) in [5.74, 6) is -2.15. The number of hydrogen-bond acceptors (Lipinski definition) is 3. The lowest BCUT2D eigenvalue weighted by Gasteiger charge is -2.19. The van der Waals surface area contributed by atoms with Gasteiger partial charge in [-0.1, -0.05) is 0 Å². The number of nitrogens with zero attached hydrogens (tertiary/aromatic N) is 1. The lowest BCUT2D eigenvalue weighted by molar-refractivity contribution is 0.133. The molecule has 0 saturated carbocycles. The first-order valence-electron chi connectivity index (χ1n) is 6.06. The van der Waals surface area contributed by atoms with Crippen LogP contribution in [0, 0.1) is 17.6 Å². The van der Waals surface area contributed by atoms with E-state index >= 15 is 0 Å². The molecule has 0 aliphatic carbocycles. The molecule has 0 bridgehead atoms. The Morgan fingerprint density at radius 2 is 2.10 bits per heavy atom. The normalized spacial score (nSPS) is 22.1. The second-order valence-electron chi connectivity index (χ2n) is 4.85. The van der Waals surface area contributed by atoms with Gasteiger partial charge in [0.15, 0.2) is 0 Å². The molecule has 0 radical (unpaired) electrons. The van der Waals surface area contributed by atoms with Crippen molar-refractivity contribution in [1.82, 2.24) is 4.31 Å². The molecule has 2 atom stereocenters. The highest BCUT2D eigenvalue weighted by Crippen LogP contribution is 2.32. The summed E-state index contributed by atoms with van der Waals surface area (Å²) >= 11 is 2.89. The summed E-state index contributed by atoms with van der Waals surface area (Å²) in [6, 6.07) is 1.46. The van der Waals surface area contributed by atoms with Gasteiger partial charge in [0, 0.05) is 23.6 Å². The van der Waals surface area contributed by atoms with Crippen LogP contribution >= 0.6 is 15.9 Å². The van der Waals surface area contributed by atoms with Gasteiger partial charge in [0.25, 0.3) is 0 Å². The number of aliphatic hydroxyl groups is 1. The zero-order chi connectivity index (χ0) is 15.1. The van der Waals surface area contributed by atoms with Crippen molar-refractivity contribution in [2.45, 2.75) is 24.3 Å². The molecule has 1 aliphatic rings. The van der Waals surface area contributed by atoms with E-state index in [-0.39, 0.29) is 23.5 Å². The van der Waals surface area contributed by atoms with E-state index in [1.165, 1.54) is 0 Å². The molecular weight excluding hydrogens is 356 g/mol. The van der Waals surface area contributed by atoms with E-state index in [0.717, 1.165) is 10.4 Å². The summed E-state index contributed by atoms with van der Waals surface area (Å²) in [7, 11) is -4.05. The lowest BCUT2D eigenvalue weighted by Crippen LogP contribution is -2.31. The summed E-state index contributed by atoms with van der Waals surface area (Å²) in [4.78, 5) is -0.565. The Labute approximate surface area is 124 Å². The second kappa shape index (κ2) is 5.67. The second-order valence-corrected chi connectivity index (χ2v) is 7.58. The lowest BCUT2D eigenvalue weighted by atomic mass is 10.0. The zero-order valence-electron chi connectivity index (χ0n) is 10.7. The number of benzene rings is 1. The van der Waals surface area contributed by atoms with Crippen LogP contribution in [0.1, 0.15) is 13.3 Å². The highest BCUT2D eigenvalue weighted by Gasteiger charge is 2.37. The van der Waals surface area contributed by atoms with Gasteiger partial charge in [-0.15, -0.1) is 0 Å². The van der Waals surface area contributed by atoms with E-state index < -0.39 is 32.7 Å². The van der Waals surface area contributed by atoms with Gasteiger partial charge in [-0.2, -0.15) is 4.31 Å². The minimum Gasteiger partial charge on any atom is -0.393 e. The molecule has 1 N–H and O–H groups in total. The molecule has 1 aromatic carbocycles. The van der Waals surface area contributed by atoms with Crippen molar-refractivity contribution in [1.29, 1.82) is 0 Å². The van der Waals surface area contributed by atoms with E-state index in [1.807, 2.05) is 0 Å². The topological polar surface area (TPSA) is 57.6 Å². The van der Waals surface area contributed by atoms with Crippen molar-refractivity contribution in [2.24, 2.45) is 5.92 Å². The molecule has 1 fully saturated rings. The Hall–Kier alpha value is -0.570. The Balaban J connectivity index is 2.38. The molecule has 2 unspecified atom stereocenters. The fourth-order valence-electron chi connectivity index (χ4n) is 2.27. The SMILES string of the molecule is CC(O)C1CCN(S(=O)(=O)c2c(F)cc(F)cc2Br)C1. The van der Waals surface area contributed by atoms with Crippen LogP contribution in [0.3, 0.4) is 0 Å². The number of aliphatic hydroxyl groups excluding tert-OH is 1. The number of halogens is 3. The molecule has 20 heavy (non-hydrogen) atoms. The maximum absolute atomic E-state index is 13.8. The first kappa shape index (κ1) is 15.8. The van der Waals surface area contributed by atoms with Crippen molar-refractivity contribution in [3.8, 4) is 0 Å². The van der Waals surface area contributed by atoms with E-state index in [1.54, 1.807) is 6.92 Å². The van der Waals surface area contributed by atoms with E-state index in [9.17, 15) is 22.3 Å². The summed E-state index contributed by atoms with van der Waals surface area (Å²) in [5, 5.41) is 9.50. The molecule has 0 amide bonds. The largest absolute Gasteiger partial charge is 0.393 e. The van der Waals surface area contributed by atoms with Gasteiger partial charge in [0.2, 0.25) is 10.0 Å².